The van der Waals surface area contributed by atoms with E-state index in [0.29, 0.717) is 65.5 Å². The summed E-state index contributed by atoms with van der Waals surface area (Å²) >= 11 is 0. The summed E-state index contributed by atoms with van der Waals surface area (Å²) in [6.45, 7) is 23.6. The van der Waals surface area contributed by atoms with E-state index in [1.54, 1.807) is 69.7 Å². The minimum Gasteiger partial charge on any atom is -0.475 e. The molecule has 0 bridgehead atoms. The Morgan fingerprint density at radius 2 is 1.96 bits per heavy atom. The number of carbonyl (C=O) groups is 2. The van der Waals surface area contributed by atoms with Gasteiger partial charge in [-0.1, -0.05) is 57.0 Å². The third-order valence-electron chi connectivity index (χ3n) is 6.75. The fourth-order valence-electron chi connectivity index (χ4n) is 3.88. The molecule has 1 aromatic heterocycles. The summed E-state index contributed by atoms with van der Waals surface area (Å²) in [5.74, 6) is 0.989. The summed E-state index contributed by atoms with van der Waals surface area (Å²) in [6, 6.07) is 1.40. The summed E-state index contributed by atoms with van der Waals surface area (Å²) in [5, 5.41) is 6.02. The summed E-state index contributed by atoms with van der Waals surface area (Å²) < 4.78 is 5.58. The molecule has 244 valence electrons. The van der Waals surface area contributed by atoms with Gasteiger partial charge in [0.05, 0.1) is 17.5 Å². The van der Waals surface area contributed by atoms with E-state index in [0.717, 1.165) is 5.70 Å². The number of allylic oxidation sites excluding steroid dienone is 8. The average Bonchev–Trinajstić information content (AvgIpc) is 3.50. The maximum atomic E-state index is 13.5. The molecule has 0 spiro atoms. The molecule has 1 aliphatic heterocycles. The van der Waals surface area contributed by atoms with Gasteiger partial charge in [0.15, 0.2) is 0 Å². The van der Waals surface area contributed by atoms with E-state index >= 15 is 0 Å². The number of nitrogens with one attached hydrogen (secondary N) is 2. The second-order valence-electron chi connectivity index (χ2n) is 10.2. The topological polar surface area (TPSA) is 124 Å². The first-order chi connectivity index (χ1) is 22.0. The van der Waals surface area contributed by atoms with Crippen LogP contribution in [0, 0.1) is 0 Å². The molecule has 1 unspecified atom stereocenters. The van der Waals surface area contributed by atoms with Gasteiger partial charge < -0.3 is 15.4 Å². The van der Waals surface area contributed by atoms with E-state index in [1.165, 1.54) is 9.80 Å². The van der Waals surface area contributed by atoms with Gasteiger partial charge in [0.2, 0.25) is 11.8 Å². The van der Waals surface area contributed by atoms with Crippen LogP contribution in [0.2, 0.25) is 0 Å². The molecular weight excluding hydrogens is 580 g/mol. The standard InChI is InChI=1S/C35H46N8O3/c1-11-16-17-29(13-3)40-34-36-21-20-31(41-34)42(10)35(45)43(15-5)27(9)26(8)37-22-30(14-4)39-32(44)24(6)18-19-28(12-2)33-38-25(7)23-46-33/h11-13,16-22,25H,1-2,9,14-15,23H2,3-8,10H3,(H,39,44)(H,36,40,41)/b17-16-,24-18+,28-19+,29-13+,30-22+,37-26?. The van der Waals surface area contributed by atoms with E-state index in [1.807, 2.05) is 39.8 Å². The molecular formula is C35H46N8O3. The van der Waals surface area contributed by atoms with Crippen LogP contribution in [0.3, 0.4) is 0 Å². The van der Waals surface area contributed by atoms with Crippen molar-refractivity contribution in [3.63, 3.8) is 0 Å². The zero-order valence-electron chi connectivity index (χ0n) is 28.0. The number of urea groups is 1. The second-order valence-corrected chi connectivity index (χ2v) is 10.2. The fourth-order valence-corrected chi connectivity index (χ4v) is 3.88. The van der Waals surface area contributed by atoms with Gasteiger partial charge in [-0.15, -0.1) is 0 Å². The molecule has 2 heterocycles. The van der Waals surface area contributed by atoms with Crippen LogP contribution in [0.25, 0.3) is 0 Å². The first kappa shape index (κ1) is 36.9. The van der Waals surface area contributed by atoms with Gasteiger partial charge in [-0.25, -0.2) is 14.8 Å². The highest BCUT2D eigenvalue weighted by atomic mass is 16.5. The second kappa shape index (κ2) is 18.5. The number of hydrogen-bond donors (Lipinski definition) is 2. The summed E-state index contributed by atoms with van der Waals surface area (Å²) in [7, 11) is 1.63. The molecule has 0 saturated heterocycles. The van der Waals surface area contributed by atoms with Crippen LogP contribution in [0.4, 0.5) is 16.6 Å². The summed E-state index contributed by atoms with van der Waals surface area (Å²) in [5.41, 5.74) is 3.50. The monoisotopic (exact) mass is 626 g/mol. The highest BCUT2D eigenvalue weighted by Crippen LogP contribution is 2.17. The first-order valence-corrected chi connectivity index (χ1v) is 15.1. The lowest BCUT2D eigenvalue weighted by atomic mass is 10.2. The Labute approximate surface area is 273 Å². The van der Waals surface area contributed by atoms with Gasteiger partial charge in [0, 0.05) is 48.5 Å². The largest absolute Gasteiger partial charge is 0.475 e. The van der Waals surface area contributed by atoms with Crippen molar-refractivity contribution in [1.29, 1.82) is 0 Å². The van der Waals surface area contributed by atoms with Crippen LogP contribution < -0.4 is 15.5 Å². The number of aromatic nitrogens is 2. The zero-order valence-corrected chi connectivity index (χ0v) is 28.0. The van der Waals surface area contributed by atoms with Crippen LogP contribution in [0.1, 0.15) is 48.0 Å². The first-order valence-electron chi connectivity index (χ1n) is 15.1. The van der Waals surface area contributed by atoms with Crippen molar-refractivity contribution in [2.75, 3.05) is 30.4 Å². The Balaban J connectivity index is 2.15. The van der Waals surface area contributed by atoms with Gasteiger partial charge in [-0.05, 0) is 59.3 Å². The minimum absolute atomic E-state index is 0.0872. The molecule has 0 saturated carbocycles. The van der Waals surface area contributed by atoms with Crippen LogP contribution >= 0.6 is 0 Å². The number of rotatable bonds is 15. The number of nitrogens with zero attached hydrogens (tertiary/aromatic N) is 6. The van der Waals surface area contributed by atoms with Crippen molar-refractivity contribution in [1.82, 2.24) is 20.2 Å². The molecule has 46 heavy (non-hydrogen) atoms. The van der Waals surface area contributed by atoms with Crippen molar-refractivity contribution in [2.45, 2.75) is 54.0 Å². The molecule has 1 aliphatic rings. The maximum absolute atomic E-state index is 13.5. The Bertz CT molecular complexity index is 1530. The normalized spacial score (nSPS) is 16.0. The fraction of sp³-hybridized carbons (Fsp3) is 0.314. The smallest absolute Gasteiger partial charge is 0.329 e. The highest BCUT2D eigenvalue weighted by Gasteiger charge is 2.23. The Morgan fingerprint density at radius 3 is 2.54 bits per heavy atom. The van der Waals surface area contributed by atoms with Crippen LogP contribution in [0.5, 0.6) is 0 Å². The molecule has 11 heteroatoms. The molecule has 1 atom stereocenters. The number of anilines is 2. The van der Waals surface area contributed by atoms with Crippen molar-refractivity contribution in [3.8, 4) is 0 Å². The van der Waals surface area contributed by atoms with Crippen molar-refractivity contribution in [2.24, 2.45) is 9.98 Å². The predicted molar refractivity (Wildman–Crippen MR) is 189 cm³/mol. The highest BCUT2D eigenvalue weighted by molar-refractivity contribution is 6.03. The number of hydrogen-bond acceptors (Lipinski definition) is 8. The maximum Gasteiger partial charge on any atom is 0.329 e. The SMILES string of the molecule is C=C/C=C\C(=C/C)Nc1nccc(N(C)C(=O)N(CC)C(=C)C(C)=N/C=C(\CC)NC(=O)/C(C)=C/C=C(\C=C)C2=NC(C)CO2)n1. The number of aliphatic imine (C=N–C) groups is 2. The van der Waals surface area contributed by atoms with Crippen LogP contribution in [-0.4, -0.2) is 64.7 Å². The minimum atomic E-state index is -0.339. The lowest BCUT2D eigenvalue weighted by Gasteiger charge is -2.28. The third-order valence-corrected chi connectivity index (χ3v) is 6.75. The quantitative estimate of drug-likeness (QED) is 0.128. The van der Waals surface area contributed by atoms with Gasteiger partial charge >= 0.3 is 6.03 Å². The molecule has 2 rings (SSSR count). The Hall–Kier alpha value is -5.32. The third kappa shape index (κ3) is 10.7. The zero-order chi connectivity index (χ0) is 34.2. The molecule has 11 nitrogen and oxygen atoms in total. The lowest BCUT2D eigenvalue weighted by molar-refractivity contribution is -0.116. The van der Waals surface area contributed by atoms with E-state index in [-0.39, 0.29) is 18.0 Å². The van der Waals surface area contributed by atoms with E-state index in [4.69, 9.17) is 4.74 Å². The van der Waals surface area contributed by atoms with Crippen molar-refractivity contribution < 1.29 is 14.3 Å². The average molecular weight is 627 g/mol. The predicted octanol–water partition coefficient (Wildman–Crippen LogP) is 6.63. The van der Waals surface area contributed by atoms with E-state index < -0.39 is 0 Å². The van der Waals surface area contributed by atoms with E-state index in [2.05, 4.69) is 50.3 Å². The molecule has 0 fully saturated rings. The molecule has 2 N–H and O–H groups in total. The Morgan fingerprint density at radius 1 is 1.22 bits per heavy atom. The Kier molecular flexibility index (Phi) is 14.8. The summed E-state index contributed by atoms with van der Waals surface area (Å²) in [4.78, 5) is 47.0. The number of amides is 3. The lowest BCUT2D eigenvalue weighted by Crippen LogP contribution is -2.42. The van der Waals surface area contributed by atoms with Crippen molar-refractivity contribution >= 4 is 35.3 Å². The van der Waals surface area contributed by atoms with Crippen LogP contribution in [0.15, 0.2) is 119 Å². The van der Waals surface area contributed by atoms with Gasteiger partial charge in [0.25, 0.3) is 5.91 Å². The van der Waals surface area contributed by atoms with Crippen LogP contribution in [-0.2, 0) is 9.53 Å². The number of carbonyl (C=O) groups excluding carboxylic acids is 2. The van der Waals surface area contributed by atoms with Gasteiger partial charge in [-0.3, -0.25) is 19.6 Å². The summed E-state index contributed by atoms with van der Waals surface area (Å²) in [6.07, 6.45) is 16.0. The molecule has 1 aromatic rings. The van der Waals surface area contributed by atoms with Gasteiger partial charge in [0.1, 0.15) is 12.4 Å². The molecule has 0 aromatic carbocycles. The van der Waals surface area contributed by atoms with Crippen molar-refractivity contribution in [3.05, 3.63) is 109 Å². The molecule has 0 aliphatic carbocycles. The number of ether oxygens (including phenoxy) is 1. The molecule has 0 radical (unpaired) electrons. The molecule has 3 amide bonds. The van der Waals surface area contributed by atoms with Gasteiger partial charge in [-0.2, -0.15) is 4.98 Å². The van der Waals surface area contributed by atoms with E-state index in [9.17, 15) is 9.59 Å².